The van der Waals surface area contributed by atoms with Crippen LogP contribution in [0.5, 0.6) is 0 Å². The van der Waals surface area contributed by atoms with Crippen LogP contribution in [0.2, 0.25) is 10.0 Å². The highest BCUT2D eigenvalue weighted by Crippen LogP contribution is 2.37. The van der Waals surface area contributed by atoms with Gasteiger partial charge in [0.05, 0.1) is 11.1 Å². The summed E-state index contributed by atoms with van der Waals surface area (Å²) >= 11 is 13.9. The molecule has 1 N–H and O–H groups in total. The quantitative estimate of drug-likeness (QED) is 0.858. The summed E-state index contributed by atoms with van der Waals surface area (Å²) < 4.78 is 13.3. The molecule has 1 atom stereocenters. The van der Waals surface area contributed by atoms with E-state index >= 15 is 0 Å². The van der Waals surface area contributed by atoms with Crippen molar-refractivity contribution >= 4 is 34.5 Å². The van der Waals surface area contributed by atoms with E-state index in [2.05, 4.69) is 5.32 Å². The molecule has 0 aliphatic rings. The van der Waals surface area contributed by atoms with Crippen LogP contribution in [0.25, 0.3) is 0 Å². The lowest BCUT2D eigenvalue weighted by Crippen LogP contribution is -2.17. The van der Waals surface area contributed by atoms with Crippen LogP contribution < -0.4 is 5.32 Å². The van der Waals surface area contributed by atoms with Gasteiger partial charge in [0.2, 0.25) is 0 Å². The third-order valence-electron chi connectivity index (χ3n) is 2.75. The van der Waals surface area contributed by atoms with E-state index in [0.717, 1.165) is 10.4 Å². The van der Waals surface area contributed by atoms with E-state index in [4.69, 9.17) is 23.2 Å². The average molecular weight is 304 g/mol. The zero-order valence-corrected chi connectivity index (χ0v) is 12.3. The van der Waals surface area contributed by atoms with Gasteiger partial charge in [-0.05, 0) is 48.7 Å². The lowest BCUT2D eigenvalue weighted by molar-refractivity contribution is 0.618. The minimum absolute atomic E-state index is 0.195. The lowest BCUT2D eigenvalue weighted by atomic mass is 10.0. The summed E-state index contributed by atoms with van der Waals surface area (Å²) in [6, 6.07) is 4.15. The molecule has 1 nitrogen and oxygen atoms in total. The first kappa shape index (κ1) is 13.8. The highest BCUT2D eigenvalue weighted by molar-refractivity contribution is 7.10. The second-order valence-corrected chi connectivity index (χ2v) is 5.68. The van der Waals surface area contributed by atoms with Gasteiger partial charge in [-0.2, -0.15) is 0 Å². The second kappa shape index (κ2) is 5.57. The molecule has 1 aromatic heterocycles. The number of hydrogen-bond acceptors (Lipinski definition) is 2. The molecule has 1 heterocycles. The Balaban J connectivity index is 2.51. The maximum absolute atomic E-state index is 13.3. The van der Waals surface area contributed by atoms with Crippen molar-refractivity contribution in [3.63, 3.8) is 0 Å². The van der Waals surface area contributed by atoms with Crippen LogP contribution in [0.15, 0.2) is 23.6 Å². The monoisotopic (exact) mass is 303 g/mol. The molecule has 0 saturated heterocycles. The molecular weight excluding hydrogens is 292 g/mol. The SMILES string of the molecule is CNC(c1cc(F)ccc1Cl)c1scc(C)c1Cl. The fourth-order valence-corrected chi connectivity index (χ4v) is 3.46. The summed E-state index contributed by atoms with van der Waals surface area (Å²) in [5.74, 6) is -0.306. The second-order valence-electron chi connectivity index (χ2n) is 3.98. The molecule has 1 aromatic carbocycles. The van der Waals surface area contributed by atoms with Gasteiger partial charge in [-0.3, -0.25) is 0 Å². The van der Waals surface area contributed by atoms with Crippen molar-refractivity contribution in [1.29, 1.82) is 0 Å². The molecule has 2 rings (SSSR count). The molecule has 0 spiro atoms. The highest BCUT2D eigenvalue weighted by Gasteiger charge is 2.21. The standard InChI is InChI=1S/C13H12Cl2FNS/c1-7-6-18-13(11(7)15)12(17-2)9-5-8(16)3-4-10(9)14/h3-6,12,17H,1-2H3. The zero-order chi connectivity index (χ0) is 13.3. The molecule has 1 unspecified atom stereocenters. The van der Waals surface area contributed by atoms with Crippen LogP contribution in [0.1, 0.15) is 22.0 Å². The van der Waals surface area contributed by atoms with Gasteiger partial charge in [-0.15, -0.1) is 11.3 Å². The van der Waals surface area contributed by atoms with Gasteiger partial charge in [0.15, 0.2) is 0 Å². The lowest BCUT2D eigenvalue weighted by Gasteiger charge is -2.17. The molecule has 5 heteroatoms. The van der Waals surface area contributed by atoms with Crippen molar-refractivity contribution < 1.29 is 4.39 Å². The fourth-order valence-electron chi connectivity index (χ4n) is 1.81. The number of halogens is 3. The Kier molecular flexibility index (Phi) is 4.28. The van der Waals surface area contributed by atoms with Gasteiger partial charge in [-0.25, -0.2) is 4.39 Å². The van der Waals surface area contributed by atoms with E-state index < -0.39 is 0 Å². The maximum Gasteiger partial charge on any atom is 0.123 e. The summed E-state index contributed by atoms with van der Waals surface area (Å²) in [6.45, 7) is 1.95. The minimum Gasteiger partial charge on any atom is -0.309 e. The Labute approximate surface area is 120 Å². The van der Waals surface area contributed by atoms with E-state index in [1.54, 1.807) is 24.5 Å². The molecule has 0 radical (unpaired) electrons. The third kappa shape index (κ3) is 2.54. The first-order valence-corrected chi connectivity index (χ1v) is 7.04. The Bertz CT molecular complexity index is 568. The van der Waals surface area contributed by atoms with E-state index in [-0.39, 0.29) is 11.9 Å². The van der Waals surface area contributed by atoms with Gasteiger partial charge in [0, 0.05) is 9.90 Å². The van der Waals surface area contributed by atoms with Crippen LogP contribution in [0.3, 0.4) is 0 Å². The Morgan fingerprint density at radius 1 is 1.33 bits per heavy atom. The van der Waals surface area contributed by atoms with E-state index in [1.807, 2.05) is 12.3 Å². The summed E-state index contributed by atoms with van der Waals surface area (Å²) in [5, 5.41) is 6.35. The predicted octanol–water partition coefficient (Wildman–Crippen LogP) is 4.81. The smallest absolute Gasteiger partial charge is 0.123 e. The number of aryl methyl sites for hydroxylation is 1. The number of benzene rings is 1. The first-order chi connectivity index (χ1) is 8.54. The summed E-state index contributed by atoms with van der Waals surface area (Å²) in [7, 11) is 1.80. The topological polar surface area (TPSA) is 12.0 Å². The molecule has 2 aromatic rings. The number of rotatable bonds is 3. The van der Waals surface area contributed by atoms with Crippen LogP contribution in [-0.4, -0.2) is 7.05 Å². The molecule has 0 fully saturated rings. The molecule has 18 heavy (non-hydrogen) atoms. The van der Waals surface area contributed by atoms with Crippen molar-refractivity contribution in [2.24, 2.45) is 0 Å². The number of hydrogen-bond donors (Lipinski definition) is 1. The largest absolute Gasteiger partial charge is 0.309 e. The molecule has 0 aliphatic heterocycles. The number of thiophene rings is 1. The van der Waals surface area contributed by atoms with E-state index in [0.29, 0.717) is 15.6 Å². The third-order valence-corrected chi connectivity index (χ3v) is 4.87. The molecule has 0 amide bonds. The van der Waals surface area contributed by atoms with Crippen LogP contribution in [0, 0.1) is 12.7 Å². The van der Waals surface area contributed by atoms with E-state index in [1.165, 1.54) is 12.1 Å². The van der Waals surface area contributed by atoms with E-state index in [9.17, 15) is 4.39 Å². The van der Waals surface area contributed by atoms with Gasteiger partial charge in [0.1, 0.15) is 5.82 Å². The normalized spacial score (nSPS) is 12.7. The molecule has 0 aliphatic carbocycles. The Hall–Kier alpha value is -0.610. The van der Waals surface area contributed by atoms with Gasteiger partial charge in [0.25, 0.3) is 0 Å². The minimum atomic E-state index is -0.306. The van der Waals surface area contributed by atoms with Gasteiger partial charge < -0.3 is 5.32 Å². The van der Waals surface area contributed by atoms with Crippen molar-refractivity contribution in [1.82, 2.24) is 5.32 Å². The first-order valence-electron chi connectivity index (χ1n) is 5.40. The average Bonchev–Trinajstić information content (AvgIpc) is 2.67. The number of nitrogens with one attached hydrogen (secondary N) is 1. The van der Waals surface area contributed by atoms with Crippen molar-refractivity contribution in [2.45, 2.75) is 13.0 Å². The maximum atomic E-state index is 13.3. The van der Waals surface area contributed by atoms with Crippen molar-refractivity contribution in [3.05, 3.63) is 55.4 Å². The van der Waals surface area contributed by atoms with Crippen molar-refractivity contribution in [3.8, 4) is 0 Å². The van der Waals surface area contributed by atoms with Crippen LogP contribution in [0.4, 0.5) is 4.39 Å². The fraction of sp³-hybridized carbons (Fsp3) is 0.231. The molecule has 96 valence electrons. The molecule has 0 saturated carbocycles. The van der Waals surface area contributed by atoms with Gasteiger partial charge >= 0.3 is 0 Å². The highest BCUT2D eigenvalue weighted by atomic mass is 35.5. The van der Waals surface area contributed by atoms with Crippen LogP contribution >= 0.6 is 34.5 Å². The predicted molar refractivity (Wildman–Crippen MR) is 76.4 cm³/mol. The van der Waals surface area contributed by atoms with Crippen molar-refractivity contribution in [2.75, 3.05) is 7.05 Å². The van der Waals surface area contributed by atoms with Crippen LogP contribution in [-0.2, 0) is 0 Å². The Morgan fingerprint density at radius 2 is 2.06 bits per heavy atom. The summed E-state index contributed by atoms with van der Waals surface area (Å²) in [6.07, 6.45) is 0. The summed E-state index contributed by atoms with van der Waals surface area (Å²) in [5.41, 5.74) is 1.72. The molecular formula is C13H12Cl2FNS. The van der Waals surface area contributed by atoms with Gasteiger partial charge in [-0.1, -0.05) is 23.2 Å². The zero-order valence-electron chi connectivity index (χ0n) is 9.93. The molecule has 0 bridgehead atoms. The summed E-state index contributed by atoms with van der Waals surface area (Å²) in [4.78, 5) is 0.948. The Morgan fingerprint density at radius 3 is 2.61 bits per heavy atom.